The van der Waals surface area contributed by atoms with Gasteiger partial charge in [0.1, 0.15) is 18.4 Å². The lowest BCUT2D eigenvalue weighted by Crippen LogP contribution is -2.08. The number of halogens is 1. The van der Waals surface area contributed by atoms with Gasteiger partial charge >= 0.3 is 0 Å². The number of nitrogens with zero attached hydrogens (tertiary/aromatic N) is 3. The van der Waals surface area contributed by atoms with Crippen LogP contribution in [0.1, 0.15) is 44.6 Å². The zero-order valence-corrected chi connectivity index (χ0v) is 13.4. The summed E-state index contributed by atoms with van der Waals surface area (Å²) in [6, 6.07) is 5.89. The van der Waals surface area contributed by atoms with Gasteiger partial charge < -0.3 is 4.74 Å². The minimum Gasteiger partial charge on any atom is -0.494 e. The van der Waals surface area contributed by atoms with Crippen molar-refractivity contribution in [2.45, 2.75) is 45.6 Å². The third-order valence-electron chi connectivity index (χ3n) is 3.52. The monoisotopic (exact) mass is 307 g/mol. The summed E-state index contributed by atoms with van der Waals surface area (Å²) in [4.78, 5) is 3.99. The highest BCUT2D eigenvalue weighted by Crippen LogP contribution is 2.34. The minimum absolute atomic E-state index is 0.416. The maximum Gasteiger partial charge on any atom is 0.137 e. The van der Waals surface area contributed by atoms with Crippen molar-refractivity contribution in [3.05, 3.63) is 41.4 Å². The second-order valence-corrected chi connectivity index (χ2v) is 5.48. The van der Waals surface area contributed by atoms with Crippen molar-refractivity contribution in [1.82, 2.24) is 14.8 Å². The Morgan fingerprint density at radius 2 is 2.14 bits per heavy atom. The van der Waals surface area contributed by atoms with Crippen LogP contribution in [0.4, 0.5) is 0 Å². The Hall–Kier alpha value is -1.55. The van der Waals surface area contributed by atoms with Gasteiger partial charge in [-0.25, -0.2) is 4.98 Å². The van der Waals surface area contributed by atoms with Gasteiger partial charge in [0, 0.05) is 11.6 Å². The topological polar surface area (TPSA) is 39.9 Å². The molecule has 1 unspecified atom stereocenters. The molecule has 0 spiro atoms. The minimum atomic E-state index is 0.416. The first-order valence-corrected chi connectivity index (χ1v) is 7.87. The van der Waals surface area contributed by atoms with E-state index in [1.165, 1.54) is 5.56 Å². The molecule has 0 aliphatic rings. The highest BCUT2D eigenvalue weighted by molar-refractivity contribution is 6.30. The molecule has 0 aliphatic carbocycles. The Bertz CT molecular complexity index is 542. The Kier molecular flexibility index (Phi) is 6.05. The summed E-state index contributed by atoms with van der Waals surface area (Å²) >= 11 is 6.18. The predicted octanol–water partition coefficient (Wildman–Crippen LogP) is 4.30. The van der Waals surface area contributed by atoms with Crippen molar-refractivity contribution in [3.63, 3.8) is 0 Å². The molecule has 1 atom stereocenters. The molecule has 2 aromatic rings. The van der Waals surface area contributed by atoms with Crippen LogP contribution >= 0.6 is 11.6 Å². The predicted molar refractivity (Wildman–Crippen MR) is 84.9 cm³/mol. The van der Waals surface area contributed by atoms with Crippen LogP contribution in [0.15, 0.2) is 30.9 Å². The molecular formula is C16H22ClN3O. The first-order valence-electron chi connectivity index (χ1n) is 7.49. The van der Waals surface area contributed by atoms with Crippen LogP contribution in [-0.4, -0.2) is 21.4 Å². The van der Waals surface area contributed by atoms with Crippen molar-refractivity contribution >= 4 is 11.6 Å². The van der Waals surface area contributed by atoms with Gasteiger partial charge in [-0.05, 0) is 49.4 Å². The maximum absolute atomic E-state index is 6.18. The van der Waals surface area contributed by atoms with E-state index >= 15 is 0 Å². The molecular weight excluding hydrogens is 286 g/mol. The van der Waals surface area contributed by atoms with E-state index in [-0.39, 0.29) is 0 Å². The average Bonchev–Trinajstić information content (AvgIpc) is 2.99. The number of ether oxygens (including phenoxy) is 1. The third-order valence-corrected chi connectivity index (χ3v) is 3.76. The van der Waals surface area contributed by atoms with Crippen LogP contribution in [-0.2, 0) is 6.54 Å². The summed E-state index contributed by atoms with van der Waals surface area (Å²) in [6.45, 7) is 5.72. The van der Waals surface area contributed by atoms with Gasteiger partial charge in [0.2, 0.25) is 0 Å². The van der Waals surface area contributed by atoms with E-state index < -0.39 is 0 Å². The molecule has 114 valence electrons. The van der Waals surface area contributed by atoms with Crippen LogP contribution in [0.3, 0.4) is 0 Å². The molecule has 1 heterocycles. The molecule has 0 saturated heterocycles. The van der Waals surface area contributed by atoms with E-state index in [0.29, 0.717) is 12.5 Å². The van der Waals surface area contributed by atoms with E-state index in [2.05, 4.69) is 17.0 Å². The fraction of sp³-hybridized carbons (Fsp3) is 0.500. The molecule has 0 N–H and O–H groups in total. The van der Waals surface area contributed by atoms with Crippen LogP contribution < -0.4 is 4.74 Å². The lowest BCUT2D eigenvalue weighted by molar-refractivity contribution is 0.331. The van der Waals surface area contributed by atoms with Crippen LogP contribution in [0.5, 0.6) is 5.75 Å². The number of rotatable bonds is 8. The zero-order valence-electron chi connectivity index (χ0n) is 12.6. The third kappa shape index (κ3) is 4.46. The fourth-order valence-electron chi connectivity index (χ4n) is 2.57. The lowest BCUT2D eigenvalue weighted by Gasteiger charge is -2.20. The Balaban J connectivity index is 2.17. The summed E-state index contributed by atoms with van der Waals surface area (Å²) < 4.78 is 7.63. The molecule has 1 aromatic heterocycles. The summed E-state index contributed by atoms with van der Waals surface area (Å²) in [7, 11) is 0. The van der Waals surface area contributed by atoms with E-state index in [1.807, 2.05) is 29.8 Å². The number of aromatic nitrogens is 3. The molecule has 4 nitrogen and oxygen atoms in total. The molecule has 5 heteroatoms. The Morgan fingerprint density at radius 3 is 2.81 bits per heavy atom. The van der Waals surface area contributed by atoms with Gasteiger partial charge in [0.15, 0.2) is 0 Å². The largest absolute Gasteiger partial charge is 0.494 e. The van der Waals surface area contributed by atoms with Gasteiger partial charge in [-0.2, -0.15) is 5.10 Å². The molecule has 0 radical (unpaired) electrons. The van der Waals surface area contributed by atoms with Crippen molar-refractivity contribution in [2.75, 3.05) is 6.61 Å². The fourth-order valence-corrected chi connectivity index (χ4v) is 2.75. The molecule has 0 amide bonds. The number of benzene rings is 1. The van der Waals surface area contributed by atoms with Gasteiger partial charge in [-0.3, -0.25) is 4.68 Å². The lowest BCUT2D eigenvalue weighted by atomic mass is 9.90. The molecule has 0 aliphatic heterocycles. The highest BCUT2D eigenvalue weighted by Gasteiger charge is 2.16. The van der Waals surface area contributed by atoms with E-state index in [9.17, 15) is 0 Å². The molecule has 2 rings (SSSR count). The summed E-state index contributed by atoms with van der Waals surface area (Å²) in [5.74, 6) is 1.36. The van der Waals surface area contributed by atoms with Gasteiger partial charge in [-0.15, -0.1) is 0 Å². The number of hydrogen-bond acceptors (Lipinski definition) is 3. The normalized spacial score (nSPS) is 12.3. The molecule has 1 aromatic carbocycles. The molecule has 21 heavy (non-hydrogen) atoms. The molecule has 0 fully saturated rings. The second kappa shape index (κ2) is 8.03. The van der Waals surface area contributed by atoms with Gasteiger partial charge in [0.05, 0.1) is 6.61 Å². The van der Waals surface area contributed by atoms with Crippen molar-refractivity contribution < 1.29 is 4.74 Å². The molecule has 0 saturated carbocycles. The summed E-state index contributed by atoms with van der Waals surface area (Å²) in [6.07, 6.45) is 6.55. The summed E-state index contributed by atoms with van der Waals surface area (Å²) in [5.41, 5.74) is 1.20. The average molecular weight is 308 g/mol. The van der Waals surface area contributed by atoms with Crippen molar-refractivity contribution in [3.8, 4) is 5.75 Å². The van der Waals surface area contributed by atoms with E-state index in [0.717, 1.165) is 36.6 Å². The Labute approximate surface area is 131 Å². The second-order valence-electron chi connectivity index (χ2n) is 5.05. The van der Waals surface area contributed by atoms with Gasteiger partial charge in [0.25, 0.3) is 0 Å². The summed E-state index contributed by atoms with van der Waals surface area (Å²) in [5, 5.41) is 4.93. The smallest absolute Gasteiger partial charge is 0.137 e. The van der Waals surface area contributed by atoms with E-state index in [4.69, 9.17) is 16.3 Å². The highest BCUT2D eigenvalue weighted by atomic mass is 35.5. The number of aryl methyl sites for hydroxylation is 1. The Morgan fingerprint density at radius 1 is 1.29 bits per heavy atom. The zero-order chi connectivity index (χ0) is 15.1. The molecule has 0 bridgehead atoms. The first-order chi connectivity index (χ1) is 10.2. The first kappa shape index (κ1) is 15.8. The standard InChI is InChI=1S/C16H22ClN3O/c1-3-5-13(8-9-20-12-18-11-19-20)15-10-14(17)6-7-16(15)21-4-2/h6-7,10-13H,3-5,8-9H2,1-2H3. The van der Waals surface area contributed by atoms with Crippen molar-refractivity contribution in [1.29, 1.82) is 0 Å². The maximum atomic E-state index is 6.18. The van der Waals surface area contributed by atoms with Crippen LogP contribution in [0.25, 0.3) is 0 Å². The van der Waals surface area contributed by atoms with E-state index in [1.54, 1.807) is 12.7 Å². The SMILES string of the molecule is CCCC(CCn1cncn1)c1cc(Cl)ccc1OCC. The van der Waals surface area contributed by atoms with Gasteiger partial charge in [-0.1, -0.05) is 24.9 Å². The van der Waals surface area contributed by atoms with Crippen LogP contribution in [0, 0.1) is 0 Å². The van der Waals surface area contributed by atoms with Crippen molar-refractivity contribution in [2.24, 2.45) is 0 Å². The number of hydrogen-bond donors (Lipinski definition) is 0. The quantitative estimate of drug-likeness (QED) is 0.730. The van der Waals surface area contributed by atoms with Crippen LogP contribution in [0.2, 0.25) is 5.02 Å².